The molecule has 1 heterocycles. The van der Waals surface area contributed by atoms with Gasteiger partial charge in [-0.15, -0.1) is 10.2 Å². The average molecular weight is 363 g/mol. The van der Waals surface area contributed by atoms with Gasteiger partial charge in [-0.3, -0.25) is 0 Å². The van der Waals surface area contributed by atoms with Crippen molar-refractivity contribution in [3.8, 4) is 11.4 Å². The molecule has 0 aliphatic rings. The van der Waals surface area contributed by atoms with Gasteiger partial charge in [0, 0.05) is 12.1 Å². The van der Waals surface area contributed by atoms with Crippen molar-refractivity contribution in [2.75, 3.05) is 0 Å². The van der Waals surface area contributed by atoms with Gasteiger partial charge in [0.05, 0.1) is 9.80 Å². The first kappa shape index (κ1) is 12.7. The van der Waals surface area contributed by atoms with E-state index in [9.17, 15) is 4.39 Å². The smallest absolute Gasteiger partial charge is 0.164 e. The maximum Gasteiger partial charge on any atom is 0.164 e. The maximum atomic E-state index is 13.2. The monoisotopic (exact) mass is 361 g/mol. The minimum Gasteiger partial charge on any atom is -0.311 e. The van der Waals surface area contributed by atoms with Crippen LogP contribution in [0.5, 0.6) is 0 Å². The molecule has 0 saturated carbocycles. The molecule has 1 aromatic carbocycles. The molecule has 6 heteroatoms. The second-order valence-corrected chi connectivity index (χ2v) is 4.86. The SMILES string of the molecule is CCn1c(CBr)nnc1-c1ccc(F)c(Br)c1. The minimum atomic E-state index is -0.281. The number of halogens is 3. The number of aromatic nitrogens is 3. The Morgan fingerprint density at radius 1 is 1.35 bits per heavy atom. The van der Waals surface area contributed by atoms with Crippen molar-refractivity contribution in [3.05, 3.63) is 34.3 Å². The van der Waals surface area contributed by atoms with E-state index < -0.39 is 0 Å². The molecule has 0 amide bonds. The van der Waals surface area contributed by atoms with E-state index in [-0.39, 0.29) is 5.82 Å². The van der Waals surface area contributed by atoms with Crippen LogP contribution in [0.2, 0.25) is 0 Å². The molecule has 0 spiro atoms. The van der Waals surface area contributed by atoms with Gasteiger partial charge < -0.3 is 4.57 Å². The lowest BCUT2D eigenvalue weighted by Crippen LogP contribution is -2.01. The zero-order valence-electron chi connectivity index (χ0n) is 9.12. The number of alkyl halides is 1. The second-order valence-electron chi connectivity index (χ2n) is 3.45. The molecule has 0 unspecified atom stereocenters. The summed E-state index contributed by atoms with van der Waals surface area (Å²) < 4.78 is 15.6. The van der Waals surface area contributed by atoms with Crippen LogP contribution in [0, 0.1) is 5.82 Å². The molecule has 3 nitrogen and oxygen atoms in total. The third-order valence-electron chi connectivity index (χ3n) is 2.44. The Hall–Kier alpha value is -0.750. The summed E-state index contributed by atoms with van der Waals surface area (Å²) in [5.41, 5.74) is 0.847. The normalized spacial score (nSPS) is 10.8. The van der Waals surface area contributed by atoms with E-state index in [0.29, 0.717) is 9.80 Å². The van der Waals surface area contributed by atoms with E-state index in [4.69, 9.17) is 0 Å². The topological polar surface area (TPSA) is 30.7 Å². The average Bonchev–Trinajstić information content (AvgIpc) is 2.75. The molecule has 2 aromatic rings. The van der Waals surface area contributed by atoms with Crippen molar-refractivity contribution in [3.63, 3.8) is 0 Å². The Kier molecular flexibility index (Phi) is 3.93. The fraction of sp³-hybridized carbons (Fsp3) is 0.273. The van der Waals surface area contributed by atoms with Crippen LogP contribution in [-0.2, 0) is 11.9 Å². The summed E-state index contributed by atoms with van der Waals surface area (Å²) in [6.07, 6.45) is 0. The van der Waals surface area contributed by atoms with Gasteiger partial charge in [0.15, 0.2) is 5.82 Å². The van der Waals surface area contributed by atoms with Crippen molar-refractivity contribution in [1.29, 1.82) is 0 Å². The number of hydrogen-bond donors (Lipinski definition) is 0. The summed E-state index contributed by atoms with van der Waals surface area (Å²) in [5.74, 6) is 1.34. The first-order valence-electron chi connectivity index (χ1n) is 5.10. The van der Waals surface area contributed by atoms with Gasteiger partial charge in [-0.05, 0) is 41.1 Å². The van der Waals surface area contributed by atoms with Gasteiger partial charge in [0.25, 0.3) is 0 Å². The van der Waals surface area contributed by atoms with Crippen LogP contribution in [0.25, 0.3) is 11.4 Å². The summed E-state index contributed by atoms with van der Waals surface area (Å²) in [7, 11) is 0. The van der Waals surface area contributed by atoms with E-state index in [1.165, 1.54) is 6.07 Å². The first-order valence-corrected chi connectivity index (χ1v) is 7.02. The minimum absolute atomic E-state index is 0.281. The van der Waals surface area contributed by atoms with Gasteiger partial charge in [-0.2, -0.15) is 0 Å². The Morgan fingerprint density at radius 2 is 2.12 bits per heavy atom. The lowest BCUT2D eigenvalue weighted by molar-refractivity contribution is 0.621. The van der Waals surface area contributed by atoms with Crippen molar-refractivity contribution in [1.82, 2.24) is 14.8 Å². The highest BCUT2D eigenvalue weighted by Crippen LogP contribution is 2.24. The van der Waals surface area contributed by atoms with Gasteiger partial charge in [-0.25, -0.2) is 4.39 Å². The molecule has 17 heavy (non-hydrogen) atoms. The second kappa shape index (κ2) is 5.27. The fourth-order valence-electron chi connectivity index (χ4n) is 1.62. The lowest BCUT2D eigenvalue weighted by atomic mass is 10.2. The van der Waals surface area contributed by atoms with Crippen LogP contribution in [-0.4, -0.2) is 14.8 Å². The molecule has 0 aliphatic carbocycles. The zero-order chi connectivity index (χ0) is 12.4. The van der Waals surface area contributed by atoms with Crippen molar-refractivity contribution in [2.24, 2.45) is 0 Å². The molecule has 1 aromatic heterocycles. The van der Waals surface area contributed by atoms with Gasteiger partial charge >= 0.3 is 0 Å². The van der Waals surface area contributed by atoms with Crippen molar-refractivity contribution >= 4 is 31.9 Å². The lowest BCUT2D eigenvalue weighted by Gasteiger charge is -2.06. The molecule has 0 bridgehead atoms. The summed E-state index contributed by atoms with van der Waals surface area (Å²) in [6, 6.07) is 4.83. The first-order chi connectivity index (χ1) is 8.17. The molecule has 0 saturated heterocycles. The standard InChI is InChI=1S/C11H10Br2FN3/c1-2-17-10(6-12)15-16-11(17)7-3-4-9(14)8(13)5-7/h3-5H,2,6H2,1H3. The summed E-state index contributed by atoms with van der Waals surface area (Å²) in [5, 5.41) is 8.88. The third-order valence-corrected chi connectivity index (χ3v) is 3.55. The Morgan fingerprint density at radius 3 is 2.71 bits per heavy atom. The molecule has 0 atom stereocenters. The highest BCUT2D eigenvalue weighted by molar-refractivity contribution is 9.10. The van der Waals surface area contributed by atoms with Crippen LogP contribution in [0.4, 0.5) is 4.39 Å². The van der Waals surface area contributed by atoms with Crippen LogP contribution in [0.15, 0.2) is 22.7 Å². The molecular formula is C11H10Br2FN3. The summed E-state index contributed by atoms with van der Waals surface area (Å²) >= 11 is 6.54. The zero-order valence-corrected chi connectivity index (χ0v) is 12.3. The molecule has 0 fully saturated rings. The highest BCUT2D eigenvalue weighted by atomic mass is 79.9. The van der Waals surface area contributed by atoms with Crippen LogP contribution >= 0.6 is 31.9 Å². The predicted octanol–water partition coefficient (Wildman–Crippen LogP) is 3.76. The van der Waals surface area contributed by atoms with Gasteiger partial charge in [-0.1, -0.05) is 15.9 Å². The van der Waals surface area contributed by atoms with E-state index >= 15 is 0 Å². The number of rotatable bonds is 3. The largest absolute Gasteiger partial charge is 0.311 e. The number of hydrogen-bond acceptors (Lipinski definition) is 2. The Labute approximate surface area is 115 Å². The van der Waals surface area contributed by atoms with Crippen molar-refractivity contribution < 1.29 is 4.39 Å². The van der Waals surface area contributed by atoms with E-state index in [0.717, 1.165) is 23.8 Å². The van der Waals surface area contributed by atoms with Crippen LogP contribution in [0.1, 0.15) is 12.7 Å². The molecule has 0 radical (unpaired) electrons. The summed E-state index contributed by atoms with van der Waals surface area (Å²) in [6.45, 7) is 2.80. The van der Waals surface area contributed by atoms with E-state index in [2.05, 4.69) is 42.1 Å². The summed E-state index contributed by atoms with van der Waals surface area (Å²) in [4.78, 5) is 0. The molecule has 0 N–H and O–H groups in total. The molecule has 2 rings (SSSR count). The number of nitrogens with zero attached hydrogens (tertiary/aromatic N) is 3. The van der Waals surface area contributed by atoms with Gasteiger partial charge in [0.2, 0.25) is 0 Å². The number of benzene rings is 1. The highest BCUT2D eigenvalue weighted by Gasteiger charge is 2.12. The van der Waals surface area contributed by atoms with E-state index in [1.807, 2.05) is 11.5 Å². The molecular weight excluding hydrogens is 353 g/mol. The maximum absolute atomic E-state index is 13.2. The molecule has 90 valence electrons. The Bertz CT molecular complexity index is 540. The fourth-order valence-corrected chi connectivity index (χ4v) is 2.41. The van der Waals surface area contributed by atoms with Crippen LogP contribution in [0.3, 0.4) is 0 Å². The quantitative estimate of drug-likeness (QED) is 0.778. The van der Waals surface area contributed by atoms with Crippen LogP contribution < -0.4 is 0 Å². The third kappa shape index (κ3) is 2.42. The van der Waals surface area contributed by atoms with E-state index in [1.54, 1.807) is 12.1 Å². The predicted molar refractivity (Wildman–Crippen MR) is 71.4 cm³/mol. The molecule has 0 aliphatic heterocycles. The van der Waals surface area contributed by atoms with Crippen molar-refractivity contribution in [2.45, 2.75) is 18.8 Å². The van der Waals surface area contributed by atoms with Gasteiger partial charge in [0.1, 0.15) is 11.6 Å². The Balaban J connectivity index is 2.52.